The number of benzene rings is 1. The molecular weight excluding hydrogens is 192 g/mol. The fourth-order valence-corrected chi connectivity index (χ4v) is 1.06. The summed E-state index contributed by atoms with van der Waals surface area (Å²) in [4.78, 5) is 11.0. The summed E-state index contributed by atoms with van der Waals surface area (Å²) in [7, 11) is 0. The number of carbonyl (C=O) groups is 1. The van der Waals surface area contributed by atoms with Gasteiger partial charge in [-0.1, -0.05) is 0 Å². The smallest absolute Gasteiger partial charge is 0.261 e. The lowest BCUT2D eigenvalue weighted by Gasteiger charge is -2.23. The maximum atomic E-state index is 11.0. The van der Waals surface area contributed by atoms with Gasteiger partial charge in [0.2, 0.25) is 0 Å². The highest BCUT2D eigenvalue weighted by atomic mass is 16.5. The average molecular weight is 208 g/mol. The van der Waals surface area contributed by atoms with Gasteiger partial charge in [0.25, 0.3) is 5.91 Å². The van der Waals surface area contributed by atoms with Crippen LogP contribution < -0.4 is 16.2 Å². The molecule has 0 saturated heterocycles. The first-order chi connectivity index (χ1) is 6.83. The molecule has 15 heavy (non-hydrogen) atoms. The second-order valence-corrected chi connectivity index (χ2v) is 4.00. The van der Waals surface area contributed by atoms with Crippen molar-refractivity contribution in [3.05, 3.63) is 23.8 Å². The molecule has 0 heterocycles. The zero-order chi connectivity index (χ0) is 11.6. The van der Waals surface area contributed by atoms with Gasteiger partial charge in [-0.05, 0) is 44.5 Å². The summed E-state index contributed by atoms with van der Waals surface area (Å²) in [5, 5.41) is 0. The number of hydrogen-bond acceptors (Lipinski definition) is 3. The van der Waals surface area contributed by atoms with Crippen LogP contribution in [-0.2, 0) is 4.79 Å². The van der Waals surface area contributed by atoms with Crippen molar-refractivity contribution in [1.82, 2.24) is 0 Å². The van der Waals surface area contributed by atoms with Crippen LogP contribution in [0.15, 0.2) is 18.2 Å². The van der Waals surface area contributed by atoms with Gasteiger partial charge in [0.15, 0.2) is 5.60 Å². The summed E-state index contributed by atoms with van der Waals surface area (Å²) in [6.07, 6.45) is 0. The number of primary amides is 1. The summed E-state index contributed by atoms with van der Waals surface area (Å²) in [5.74, 6) is 0.0856. The molecule has 1 rings (SSSR count). The Bertz CT molecular complexity index is 386. The van der Waals surface area contributed by atoms with Crippen molar-refractivity contribution in [1.29, 1.82) is 0 Å². The van der Waals surface area contributed by atoms with E-state index >= 15 is 0 Å². The van der Waals surface area contributed by atoms with Crippen LogP contribution in [0.2, 0.25) is 0 Å². The number of nitrogens with two attached hydrogens (primary N) is 2. The first-order valence-corrected chi connectivity index (χ1v) is 4.68. The molecule has 1 aromatic carbocycles. The molecule has 4 N–H and O–H groups in total. The van der Waals surface area contributed by atoms with Crippen molar-refractivity contribution in [2.75, 3.05) is 5.73 Å². The third-order valence-electron chi connectivity index (χ3n) is 2.21. The monoisotopic (exact) mass is 208 g/mol. The predicted octanol–water partition coefficient (Wildman–Crippen LogP) is 1.22. The van der Waals surface area contributed by atoms with Crippen LogP contribution in [0.5, 0.6) is 5.75 Å². The van der Waals surface area contributed by atoms with Crippen molar-refractivity contribution >= 4 is 11.6 Å². The number of hydrogen-bond donors (Lipinski definition) is 2. The van der Waals surface area contributed by atoms with E-state index in [1.807, 2.05) is 6.92 Å². The fourth-order valence-electron chi connectivity index (χ4n) is 1.06. The van der Waals surface area contributed by atoms with Gasteiger partial charge in [-0.3, -0.25) is 4.79 Å². The molecule has 1 aromatic rings. The van der Waals surface area contributed by atoms with Crippen LogP contribution in [0, 0.1) is 6.92 Å². The first kappa shape index (κ1) is 11.4. The highest BCUT2D eigenvalue weighted by molar-refractivity contribution is 5.82. The Hall–Kier alpha value is -1.71. The van der Waals surface area contributed by atoms with E-state index in [0.717, 1.165) is 5.56 Å². The zero-order valence-corrected chi connectivity index (χ0v) is 9.20. The topological polar surface area (TPSA) is 78.3 Å². The number of ether oxygens (including phenoxy) is 1. The second kappa shape index (κ2) is 3.81. The summed E-state index contributed by atoms with van der Waals surface area (Å²) < 4.78 is 5.47. The summed E-state index contributed by atoms with van der Waals surface area (Å²) in [6, 6.07) is 5.23. The van der Waals surface area contributed by atoms with Crippen LogP contribution in [0.4, 0.5) is 5.69 Å². The molecule has 0 unspecified atom stereocenters. The molecule has 0 bridgehead atoms. The Balaban J connectivity index is 2.91. The molecule has 0 spiro atoms. The third kappa shape index (κ3) is 2.62. The Morgan fingerprint density at radius 3 is 2.47 bits per heavy atom. The lowest BCUT2D eigenvalue weighted by atomic mass is 10.1. The SMILES string of the molecule is Cc1cc(OC(C)(C)C(N)=O)ccc1N. The van der Waals surface area contributed by atoms with E-state index in [1.165, 1.54) is 0 Å². The third-order valence-corrected chi connectivity index (χ3v) is 2.21. The largest absolute Gasteiger partial charge is 0.478 e. The summed E-state index contributed by atoms with van der Waals surface area (Å²) in [5.41, 5.74) is 11.5. The first-order valence-electron chi connectivity index (χ1n) is 4.68. The molecule has 0 aliphatic heterocycles. The zero-order valence-electron chi connectivity index (χ0n) is 9.20. The highest BCUT2D eigenvalue weighted by Gasteiger charge is 2.27. The molecule has 4 nitrogen and oxygen atoms in total. The Morgan fingerprint density at radius 2 is 2.00 bits per heavy atom. The molecule has 0 aliphatic carbocycles. The molecule has 0 radical (unpaired) electrons. The van der Waals surface area contributed by atoms with Gasteiger partial charge in [-0.15, -0.1) is 0 Å². The lowest BCUT2D eigenvalue weighted by Crippen LogP contribution is -2.43. The van der Waals surface area contributed by atoms with Crippen molar-refractivity contribution in [3.63, 3.8) is 0 Å². The van der Waals surface area contributed by atoms with Gasteiger partial charge >= 0.3 is 0 Å². The van der Waals surface area contributed by atoms with E-state index < -0.39 is 11.5 Å². The van der Waals surface area contributed by atoms with Gasteiger partial charge in [0.1, 0.15) is 5.75 Å². The maximum absolute atomic E-state index is 11.0. The minimum absolute atomic E-state index is 0.503. The van der Waals surface area contributed by atoms with Crippen molar-refractivity contribution in [2.45, 2.75) is 26.4 Å². The minimum atomic E-state index is -1.01. The lowest BCUT2D eigenvalue weighted by molar-refractivity contribution is -0.130. The van der Waals surface area contributed by atoms with Crippen molar-refractivity contribution in [3.8, 4) is 5.75 Å². The summed E-state index contributed by atoms with van der Waals surface area (Å²) >= 11 is 0. The molecule has 0 aromatic heterocycles. The van der Waals surface area contributed by atoms with Crippen LogP contribution >= 0.6 is 0 Å². The van der Waals surface area contributed by atoms with E-state index in [0.29, 0.717) is 11.4 Å². The van der Waals surface area contributed by atoms with Crippen LogP contribution in [0.3, 0.4) is 0 Å². The molecule has 0 atom stereocenters. The Kier molecular flexibility index (Phi) is 2.88. The van der Waals surface area contributed by atoms with E-state index in [-0.39, 0.29) is 0 Å². The molecule has 82 valence electrons. The van der Waals surface area contributed by atoms with Crippen molar-refractivity contribution in [2.24, 2.45) is 5.73 Å². The van der Waals surface area contributed by atoms with Crippen molar-refractivity contribution < 1.29 is 9.53 Å². The van der Waals surface area contributed by atoms with E-state index in [4.69, 9.17) is 16.2 Å². The average Bonchev–Trinajstić information content (AvgIpc) is 2.10. The fraction of sp³-hybridized carbons (Fsp3) is 0.364. The maximum Gasteiger partial charge on any atom is 0.261 e. The van der Waals surface area contributed by atoms with Crippen LogP contribution in [0.1, 0.15) is 19.4 Å². The second-order valence-electron chi connectivity index (χ2n) is 4.00. The van der Waals surface area contributed by atoms with Gasteiger partial charge < -0.3 is 16.2 Å². The minimum Gasteiger partial charge on any atom is -0.478 e. The molecule has 0 aliphatic rings. The summed E-state index contributed by atoms with van der Waals surface area (Å²) in [6.45, 7) is 5.13. The number of carbonyl (C=O) groups excluding carboxylic acids is 1. The number of amides is 1. The molecular formula is C11H16N2O2. The number of aryl methyl sites for hydroxylation is 1. The number of nitrogen functional groups attached to an aromatic ring is 1. The standard InChI is InChI=1S/C11H16N2O2/c1-7-6-8(4-5-9(7)12)15-11(2,3)10(13)14/h4-6H,12H2,1-3H3,(H2,13,14). The normalized spacial score (nSPS) is 11.1. The Morgan fingerprint density at radius 1 is 1.40 bits per heavy atom. The quantitative estimate of drug-likeness (QED) is 0.733. The van der Waals surface area contributed by atoms with Gasteiger partial charge in [0, 0.05) is 5.69 Å². The van der Waals surface area contributed by atoms with Crippen LogP contribution in [-0.4, -0.2) is 11.5 Å². The molecule has 0 saturated carbocycles. The molecule has 4 heteroatoms. The van der Waals surface area contributed by atoms with E-state index in [9.17, 15) is 4.79 Å². The van der Waals surface area contributed by atoms with Gasteiger partial charge in [0.05, 0.1) is 0 Å². The van der Waals surface area contributed by atoms with E-state index in [1.54, 1.807) is 32.0 Å². The molecule has 0 fully saturated rings. The highest BCUT2D eigenvalue weighted by Crippen LogP contribution is 2.22. The Labute approximate surface area is 89.2 Å². The number of anilines is 1. The van der Waals surface area contributed by atoms with Gasteiger partial charge in [-0.25, -0.2) is 0 Å². The van der Waals surface area contributed by atoms with Crippen LogP contribution in [0.25, 0.3) is 0 Å². The number of rotatable bonds is 3. The predicted molar refractivity (Wildman–Crippen MR) is 59.5 cm³/mol. The van der Waals surface area contributed by atoms with E-state index in [2.05, 4.69) is 0 Å². The van der Waals surface area contributed by atoms with Gasteiger partial charge in [-0.2, -0.15) is 0 Å². The molecule has 1 amide bonds.